The predicted molar refractivity (Wildman–Crippen MR) is 69.6 cm³/mol. The molecule has 0 spiro atoms. The van der Waals surface area contributed by atoms with Gasteiger partial charge in [0.2, 0.25) is 0 Å². The Balaban J connectivity index is 1.96. The van der Waals surface area contributed by atoms with E-state index < -0.39 is 6.10 Å². The molecule has 1 atom stereocenters. The minimum Gasteiger partial charge on any atom is -0.398 e. The number of hydrogen-bond donors (Lipinski definition) is 3. The molecule has 1 aliphatic rings. The highest BCUT2D eigenvalue weighted by Gasteiger charge is 2.29. The lowest BCUT2D eigenvalue weighted by atomic mass is 10.1. The zero-order chi connectivity index (χ0) is 12.4. The molecule has 1 unspecified atom stereocenters. The van der Waals surface area contributed by atoms with Crippen LogP contribution in [-0.2, 0) is 0 Å². The summed E-state index contributed by atoms with van der Waals surface area (Å²) in [6.07, 6.45) is 1.67. The average molecular weight is 299 g/mol. The molecule has 1 saturated carbocycles. The van der Waals surface area contributed by atoms with Crippen molar-refractivity contribution >= 4 is 27.5 Å². The maximum atomic E-state index is 11.8. The summed E-state index contributed by atoms with van der Waals surface area (Å²) in [5, 5.41) is 12.4. The maximum absolute atomic E-state index is 11.8. The fourth-order valence-electron chi connectivity index (χ4n) is 1.67. The second-order valence-corrected chi connectivity index (χ2v) is 5.26. The van der Waals surface area contributed by atoms with E-state index in [0.29, 0.717) is 17.2 Å². The SMILES string of the molecule is Nc1ccc(Br)cc1C(=O)NCC(O)C1CC1. The molecule has 0 aromatic heterocycles. The molecule has 5 heteroatoms. The number of nitrogen functional groups attached to an aromatic ring is 1. The molecule has 1 aliphatic carbocycles. The van der Waals surface area contributed by atoms with Gasteiger partial charge in [0.25, 0.3) is 5.91 Å². The van der Waals surface area contributed by atoms with Crippen LogP contribution in [0, 0.1) is 5.92 Å². The van der Waals surface area contributed by atoms with E-state index in [4.69, 9.17) is 5.73 Å². The molecule has 0 saturated heterocycles. The van der Waals surface area contributed by atoms with Crippen LogP contribution in [0.3, 0.4) is 0 Å². The zero-order valence-electron chi connectivity index (χ0n) is 9.32. The Kier molecular flexibility index (Phi) is 3.69. The van der Waals surface area contributed by atoms with Crippen LogP contribution in [0.4, 0.5) is 5.69 Å². The number of benzene rings is 1. The van der Waals surface area contributed by atoms with Crippen LogP contribution in [0.25, 0.3) is 0 Å². The number of rotatable bonds is 4. The molecule has 1 amide bonds. The lowest BCUT2D eigenvalue weighted by Crippen LogP contribution is -2.33. The lowest BCUT2D eigenvalue weighted by molar-refractivity contribution is 0.0902. The van der Waals surface area contributed by atoms with Crippen molar-refractivity contribution in [3.8, 4) is 0 Å². The van der Waals surface area contributed by atoms with Gasteiger partial charge < -0.3 is 16.2 Å². The molecular formula is C12H15BrN2O2. The first-order chi connectivity index (χ1) is 8.08. The normalized spacial score (nSPS) is 16.6. The molecule has 4 nitrogen and oxygen atoms in total. The highest BCUT2D eigenvalue weighted by molar-refractivity contribution is 9.10. The van der Waals surface area contributed by atoms with Gasteiger partial charge in [-0.1, -0.05) is 15.9 Å². The van der Waals surface area contributed by atoms with Gasteiger partial charge in [0.15, 0.2) is 0 Å². The summed E-state index contributed by atoms with van der Waals surface area (Å²) in [6.45, 7) is 0.287. The van der Waals surface area contributed by atoms with Gasteiger partial charge in [0.1, 0.15) is 0 Å². The molecule has 17 heavy (non-hydrogen) atoms. The summed E-state index contributed by atoms with van der Waals surface area (Å²) < 4.78 is 0.805. The number of aliphatic hydroxyl groups excluding tert-OH is 1. The summed E-state index contributed by atoms with van der Waals surface area (Å²) >= 11 is 3.29. The Bertz CT molecular complexity index is 433. The van der Waals surface area contributed by atoms with Crippen LogP contribution in [0.5, 0.6) is 0 Å². The van der Waals surface area contributed by atoms with Crippen LogP contribution in [0.2, 0.25) is 0 Å². The van der Waals surface area contributed by atoms with E-state index in [2.05, 4.69) is 21.2 Å². The van der Waals surface area contributed by atoms with Crippen molar-refractivity contribution in [3.05, 3.63) is 28.2 Å². The molecule has 92 valence electrons. The minimum absolute atomic E-state index is 0.247. The number of carbonyl (C=O) groups excluding carboxylic acids is 1. The van der Waals surface area contributed by atoms with E-state index in [9.17, 15) is 9.90 Å². The van der Waals surface area contributed by atoms with Gasteiger partial charge >= 0.3 is 0 Å². The highest BCUT2D eigenvalue weighted by Crippen LogP contribution is 2.32. The first-order valence-electron chi connectivity index (χ1n) is 5.59. The van der Waals surface area contributed by atoms with Crippen LogP contribution in [-0.4, -0.2) is 23.7 Å². The first kappa shape index (κ1) is 12.4. The van der Waals surface area contributed by atoms with Gasteiger partial charge in [-0.05, 0) is 37.0 Å². The van der Waals surface area contributed by atoms with Gasteiger partial charge in [-0.2, -0.15) is 0 Å². The summed E-state index contributed by atoms with van der Waals surface area (Å²) in [6, 6.07) is 5.13. The predicted octanol–water partition coefficient (Wildman–Crippen LogP) is 1.53. The van der Waals surface area contributed by atoms with E-state index in [-0.39, 0.29) is 12.5 Å². The van der Waals surface area contributed by atoms with Gasteiger partial charge in [0.05, 0.1) is 11.7 Å². The second-order valence-electron chi connectivity index (χ2n) is 4.35. The molecule has 2 rings (SSSR count). The smallest absolute Gasteiger partial charge is 0.253 e. The molecule has 1 fully saturated rings. The largest absolute Gasteiger partial charge is 0.398 e. The Morgan fingerprint density at radius 1 is 1.59 bits per heavy atom. The van der Waals surface area contributed by atoms with Crippen LogP contribution < -0.4 is 11.1 Å². The molecule has 0 aliphatic heterocycles. The van der Waals surface area contributed by atoms with E-state index in [1.165, 1.54) is 0 Å². The third-order valence-corrected chi connectivity index (χ3v) is 3.39. The molecule has 0 bridgehead atoms. The van der Waals surface area contributed by atoms with Gasteiger partial charge in [-0.15, -0.1) is 0 Å². The summed E-state index contributed by atoms with van der Waals surface area (Å²) in [4.78, 5) is 11.8. The maximum Gasteiger partial charge on any atom is 0.253 e. The van der Waals surface area contributed by atoms with Crippen LogP contribution >= 0.6 is 15.9 Å². The lowest BCUT2D eigenvalue weighted by Gasteiger charge is -2.11. The minimum atomic E-state index is -0.438. The topological polar surface area (TPSA) is 75.4 Å². The van der Waals surface area contributed by atoms with E-state index in [1.54, 1.807) is 18.2 Å². The Hall–Kier alpha value is -1.07. The second kappa shape index (κ2) is 5.06. The Morgan fingerprint density at radius 2 is 2.29 bits per heavy atom. The van der Waals surface area contributed by atoms with Gasteiger partial charge in [-0.3, -0.25) is 4.79 Å². The molecule has 0 heterocycles. The number of hydrogen-bond acceptors (Lipinski definition) is 3. The third kappa shape index (κ3) is 3.20. The quantitative estimate of drug-likeness (QED) is 0.738. The number of carbonyl (C=O) groups is 1. The highest BCUT2D eigenvalue weighted by atomic mass is 79.9. The van der Waals surface area contributed by atoms with Crippen molar-refractivity contribution in [1.82, 2.24) is 5.32 Å². The fourth-order valence-corrected chi connectivity index (χ4v) is 2.03. The van der Waals surface area contributed by atoms with Crippen molar-refractivity contribution in [2.75, 3.05) is 12.3 Å². The number of halogens is 1. The van der Waals surface area contributed by atoms with Gasteiger partial charge in [-0.25, -0.2) is 0 Å². The van der Waals surface area contributed by atoms with Crippen LogP contribution in [0.15, 0.2) is 22.7 Å². The molecular weight excluding hydrogens is 284 g/mol. The number of amides is 1. The van der Waals surface area contributed by atoms with Crippen molar-refractivity contribution in [3.63, 3.8) is 0 Å². The summed E-state index contributed by atoms with van der Waals surface area (Å²) in [5.74, 6) is 0.110. The van der Waals surface area contributed by atoms with Crippen molar-refractivity contribution < 1.29 is 9.90 Å². The van der Waals surface area contributed by atoms with Crippen molar-refractivity contribution in [2.24, 2.45) is 5.92 Å². The first-order valence-corrected chi connectivity index (χ1v) is 6.38. The van der Waals surface area contributed by atoms with E-state index in [0.717, 1.165) is 17.3 Å². The van der Waals surface area contributed by atoms with E-state index >= 15 is 0 Å². The monoisotopic (exact) mass is 298 g/mol. The number of anilines is 1. The Labute approximate surface area is 108 Å². The van der Waals surface area contributed by atoms with Gasteiger partial charge in [0, 0.05) is 16.7 Å². The molecule has 1 aromatic rings. The fraction of sp³-hybridized carbons (Fsp3) is 0.417. The number of nitrogens with one attached hydrogen (secondary N) is 1. The third-order valence-electron chi connectivity index (χ3n) is 2.90. The summed E-state index contributed by atoms with van der Waals surface area (Å²) in [7, 11) is 0. The van der Waals surface area contributed by atoms with Crippen molar-refractivity contribution in [1.29, 1.82) is 0 Å². The zero-order valence-corrected chi connectivity index (χ0v) is 10.9. The summed E-state index contributed by atoms with van der Waals surface area (Å²) in [5.41, 5.74) is 6.59. The van der Waals surface area contributed by atoms with E-state index in [1.807, 2.05) is 0 Å². The standard InChI is InChI=1S/C12H15BrN2O2/c13-8-3-4-10(14)9(5-8)12(17)15-6-11(16)7-1-2-7/h3-5,7,11,16H,1-2,6,14H2,(H,15,17). The number of aliphatic hydroxyl groups is 1. The Morgan fingerprint density at radius 3 is 2.94 bits per heavy atom. The number of nitrogens with two attached hydrogens (primary N) is 1. The average Bonchev–Trinajstić information content (AvgIpc) is 3.12. The van der Waals surface area contributed by atoms with Crippen molar-refractivity contribution in [2.45, 2.75) is 18.9 Å². The molecule has 4 N–H and O–H groups in total. The molecule has 1 aromatic carbocycles. The molecule has 0 radical (unpaired) electrons. The van der Waals surface area contributed by atoms with Crippen LogP contribution in [0.1, 0.15) is 23.2 Å².